The average Bonchev–Trinajstić information content (AvgIpc) is 2.40. The minimum Gasteiger partial charge on any atom is -0.463 e. The highest BCUT2D eigenvalue weighted by atomic mass is 16.6. The van der Waals surface area contributed by atoms with Crippen molar-refractivity contribution in [1.82, 2.24) is 0 Å². The van der Waals surface area contributed by atoms with Crippen molar-refractivity contribution in [3.63, 3.8) is 0 Å². The largest absolute Gasteiger partial charge is 0.463 e. The van der Waals surface area contributed by atoms with E-state index in [9.17, 15) is 14.4 Å². The van der Waals surface area contributed by atoms with Crippen LogP contribution in [0.2, 0.25) is 0 Å². The van der Waals surface area contributed by atoms with Crippen molar-refractivity contribution in [3.05, 3.63) is 0 Å². The Labute approximate surface area is 122 Å². The van der Waals surface area contributed by atoms with Crippen LogP contribution in [-0.2, 0) is 28.6 Å². The molecule has 0 amide bonds. The number of aliphatic hydroxyl groups excluding tert-OH is 3. The van der Waals surface area contributed by atoms with Crippen molar-refractivity contribution >= 4 is 17.9 Å². The monoisotopic (exact) mass is 310 g/mol. The fourth-order valence-corrected chi connectivity index (χ4v) is 0.835. The molecule has 0 aromatic rings. The molecule has 2 unspecified atom stereocenters. The van der Waals surface area contributed by atoms with Crippen molar-refractivity contribution in [2.75, 3.05) is 26.4 Å². The molecule has 0 spiro atoms. The van der Waals surface area contributed by atoms with Crippen molar-refractivity contribution in [2.24, 2.45) is 0 Å². The summed E-state index contributed by atoms with van der Waals surface area (Å²) in [6, 6.07) is 0. The first-order valence-electron chi connectivity index (χ1n) is 6.06. The van der Waals surface area contributed by atoms with E-state index in [-0.39, 0.29) is 26.4 Å². The summed E-state index contributed by atoms with van der Waals surface area (Å²) < 4.78 is 13.4. The highest BCUT2D eigenvalue weighted by Crippen LogP contribution is 1.93. The summed E-state index contributed by atoms with van der Waals surface area (Å²) in [5.74, 6) is -1.44. The maximum atomic E-state index is 10.4. The number of hydrogen-bond donors (Lipinski definition) is 3. The van der Waals surface area contributed by atoms with Gasteiger partial charge >= 0.3 is 17.9 Å². The molecule has 2 atom stereocenters. The van der Waals surface area contributed by atoms with Gasteiger partial charge in [-0.25, -0.2) is 0 Å². The molecule has 0 rings (SSSR count). The molecule has 0 heterocycles. The van der Waals surface area contributed by atoms with Gasteiger partial charge in [0.25, 0.3) is 0 Å². The van der Waals surface area contributed by atoms with Gasteiger partial charge in [-0.05, 0) is 0 Å². The molecule has 3 N–H and O–H groups in total. The molecule has 0 saturated carbocycles. The maximum absolute atomic E-state index is 10.4. The van der Waals surface area contributed by atoms with Crippen LogP contribution in [0, 0.1) is 0 Å². The average molecular weight is 310 g/mol. The van der Waals surface area contributed by atoms with Gasteiger partial charge in [0, 0.05) is 20.8 Å². The van der Waals surface area contributed by atoms with E-state index in [4.69, 9.17) is 15.3 Å². The van der Waals surface area contributed by atoms with Gasteiger partial charge in [-0.3, -0.25) is 14.4 Å². The van der Waals surface area contributed by atoms with Crippen molar-refractivity contribution in [3.8, 4) is 0 Å². The molecular formula is C12H22O9. The summed E-state index contributed by atoms with van der Waals surface area (Å²) in [6.45, 7) is 2.72. The normalized spacial score (nSPS) is 12.3. The SMILES string of the molecule is CC(=O)OCC(CO)OC(C)=O.CC(=O)OCC(O)CO. The first kappa shape index (κ1) is 21.6. The minimum absolute atomic E-state index is 0.106. The van der Waals surface area contributed by atoms with Crippen LogP contribution in [0.4, 0.5) is 0 Å². The third kappa shape index (κ3) is 18.3. The van der Waals surface area contributed by atoms with Crippen LogP contribution >= 0.6 is 0 Å². The highest BCUT2D eigenvalue weighted by Gasteiger charge is 2.11. The molecule has 9 nitrogen and oxygen atoms in total. The summed E-state index contributed by atoms with van der Waals surface area (Å²) in [6.07, 6.45) is -1.71. The molecule has 0 aliphatic carbocycles. The lowest BCUT2D eigenvalue weighted by Crippen LogP contribution is -2.26. The van der Waals surface area contributed by atoms with Gasteiger partial charge in [0.15, 0.2) is 6.10 Å². The Morgan fingerprint density at radius 1 is 0.857 bits per heavy atom. The van der Waals surface area contributed by atoms with Crippen molar-refractivity contribution in [1.29, 1.82) is 0 Å². The van der Waals surface area contributed by atoms with Crippen LogP contribution in [-0.4, -0.2) is 71.9 Å². The highest BCUT2D eigenvalue weighted by molar-refractivity contribution is 5.67. The van der Waals surface area contributed by atoms with Gasteiger partial charge < -0.3 is 29.5 Å². The smallest absolute Gasteiger partial charge is 0.303 e. The van der Waals surface area contributed by atoms with Crippen molar-refractivity contribution < 1.29 is 43.9 Å². The number of rotatable bonds is 7. The molecule has 0 aliphatic rings. The molecule has 0 aliphatic heterocycles. The molecule has 0 saturated heterocycles. The van der Waals surface area contributed by atoms with E-state index in [2.05, 4.69) is 14.2 Å². The molecule has 0 bridgehead atoms. The Balaban J connectivity index is 0. The standard InChI is InChI=1S/C7H12O5.C5H10O4/c1-5(9)11-4-7(3-8)12-6(2)10;1-4(7)9-3-5(8)2-6/h7-8H,3-4H2,1-2H3;5-6,8H,2-3H2,1H3. The maximum Gasteiger partial charge on any atom is 0.303 e. The molecule has 0 aromatic carbocycles. The number of carbonyl (C=O) groups excluding carboxylic acids is 3. The Bertz CT molecular complexity index is 316. The lowest BCUT2D eigenvalue weighted by molar-refractivity contribution is -0.158. The van der Waals surface area contributed by atoms with Crippen LogP contribution in [0.15, 0.2) is 0 Å². The molecular weight excluding hydrogens is 288 g/mol. The zero-order valence-corrected chi connectivity index (χ0v) is 12.3. The first-order chi connectivity index (χ1) is 9.72. The number of hydrogen-bond acceptors (Lipinski definition) is 9. The lowest BCUT2D eigenvalue weighted by Gasteiger charge is -2.13. The van der Waals surface area contributed by atoms with E-state index in [0.717, 1.165) is 0 Å². The summed E-state index contributed by atoms with van der Waals surface area (Å²) in [5.41, 5.74) is 0. The second kappa shape index (κ2) is 13.3. The van der Waals surface area contributed by atoms with Gasteiger partial charge in [0.2, 0.25) is 0 Å². The number of ether oxygens (including phenoxy) is 3. The summed E-state index contributed by atoms with van der Waals surface area (Å²) in [5, 5.41) is 25.4. The molecule has 124 valence electrons. The van der Waals surface area contributed by atoms with E-state index >= 15 is 0 Å². The number of esters is 3. The molecule has 0 fully saturated rings. The van der Waals surface area contributed by atoms with E-state index in [1.165, 1.54) is 20.8 Å². The molecule has 0 radical (unpaired) electrons. The predicted molar refractivity (Wildman–Crippen MR) is 69.0 cm³/mol. The van der Waals surface area contributed by atoms with E-state index in [1.54, 1.807) is 0 Å². The number of aliphatic hydroxyl groups is 3. The van der Waals surface area contributed by atoms with E-state index in [0.29, 0.717) is 0 Å². The van der Waals surface area contributed by atoms with Crippen LogP contribution in [0.5, 0.6) is 0 Å². The van der Waals surface area contributed by atoms with Crippen LogP contribution in [0.3, 0.4) is 0 Å². The molecule has 0 aromatic heterocycles. The molecule has 21 heavy (non-hydrogen) atoms. The van der Waals surface area contributed by atoms with Crippen LogP contribution < -0.4 is 0 Å². The first-order valence-corrected chi connectivity index (χ1v) is 6.06. The van der Waals surface area contributed by atoms with Crippen molar-refractivity contribution in [2.45, 2.75) is 33.0 Å². The molecule has 9 heteroatoms. The Morgan fingerprint density at radius 2 is 1.33 bits per heavy atom. The zero-order valence-electron chi connectivity index (χ0n) is 12.3. The second-order valence-electron chi connectivity index (χ2n) is 3.86. The summed E-state index contributed by atoms with van der Waals surface area (Å²) in [7, 11) is 0. The zero-order chi connectivity index (χ0) is 16.8. The Hall–Kier alpha value is -1.71. The van der Waals surface area contributed by atoms with E-state index < -0.39 is 30.1 Å². The predicted octanol–water partition coefficient (Wildman–Crippen LogP) is -1.62. The quantitative estimate of drug-likeness (QED) is 0.373. The summed E-state index contributed by atoms with van der Waals surface area (Å²) in [4.78, 5) is 30.7. The third-order valence-electron chi connectivity index (χ3n) is 1.70. The summed E-state index contributed by atoms with van der Waals surface area (Å²) >= 11 is 0. The Morgan fingerprint density at radius 3 is 1.67 bits per heavy atom. The Kier molecular flexibility index (Phi) is 13.7. The van der Waals surface area contributed by atoms with Crippen LogP contribution in [0.25, 0.3) is 0 Å². The minimum atomic E-state index is -0.950. The number of carbonyl (C=O) groups is 3. The van der Waals surface area contributed by atoms with Gasteiger partial charge in [-0.2, -0.15) is 0 Å². The van der Waals surface area contributed by atoms with Gasteiger partial charge in [-0.1, -0.05) is 0 Å². The van der Waals surface area contributed by atoms with E-state index in [1.807, 2.05) is 0 Å². The topological polar surface area (TPSA) is 140 Å². The fourth-order valence-electron chi connectivity index (χ4n) is 0.835. The second-order valence-corrected chi connectivity index (χ2v) is 3.86. The third-order valence-corrected chi connectivity index (χ3v) is 1.70. The lowest BCUT2D eigenvalue weighted by atomic mass is 10.4. The van der Waals surface area contributed by atoms with Crippen LogP contribution in [0.1, 0.15) is 20.8 Å². The fraction of sp³-hybridized carbons (Fsp3) is 0.750. The van der Waals surface area contributed by atoms with Gasteiger partial charge in [-0.15, -0.1) is 0 Å². The van der Waals surface area contributed by atoms with Gasteiger partial charge in [0.05, 0.1) is 13.2 Å². The van der Waals surface area contributed by atoms with Gasteiger partial charge in [0.1, 0.15) is 19.3 Å².